The maximum atomic E-state index is 13.2. The summed E-state index contributed by atoms with van der Waals surface area (Å²) < 4.78 is 24.7. The molecule has 2 N–H and O–H groups in total. The molecule has 9 nitrogen and oxygen atoms in total. The zero-order valence-corrected chi connectivity index (χ0v) is 11.5. The Bertz CT molecular complexity index is 708. The van der Waals surface area contributed by atoms with Gasteiger partial charge in [-0.25, -0.2) is 9.97 Å². The van der Waals surface area contributed by atoms with Crippen LogP contribution in [-0.2, 0) is 14.3 Å². The van der Waals surface area contributed by atoms with Crippen molar-refractivity contribution in [2.24, 2.45) is 0 Å². The monoisotopic (exact) mass is 312 g/mol. The molecule has 0 bridgehead atoms. The second kappa shape index (κ2) is 5.55. The van der Waals surface area contributed by atoms with Crippen LogP contribution < -0.4 is 0 Å². The lowest BCUT2D eigenvalue weighted by molar-refractivity contribution is -0.147. The lowest BCUT2D eigenvalue weighted by atomic mass is 10.1. The molecular weight excluding hydrogens is 299 g/mol. The fourth-order valence-electron chi connectivity index (χ4n) is 2.29. The fraction of sp³-hybridized carbons (Fsp3) is 0.500. The molecule has 118 valence electrons. The maximum absolute atomic E-state index is 13.2. The first kappa shape index (κ1) is 14.8. The molecule has 2 aromatic heterocycles. The standard InChI is InChI=1S/C12H13FN4O5/c1-5(18)21-3-7-8(19)9(20)11(22-7)17-4-15-6-2-14-12(13)16-10(6)17/h2,4,7-9,11,19-20H,3H2,1H3/t7-,8+,9+,11-/m1/s1. The molecule has 0 unspecified atom stereocenters. The number of aliphatic hydroxyl groups is 2. The first-order chi connectivity index (χ1) is 10.5. The van der Waals surface area contributed by atoms with Crippen LogP contribution in [0.3, 0.4) is 0 Å². The number of hydrogen-bond donors (Lipinski definition) is 2. The summed E-state index contributed by atoms with van der Waals surface area (Å²) in [5.41, 5.74) is 0.437. The van der Waals surface area contributed by atoms with Gasteiger partial charge in [0.15, 0.2) is 11.9 Å². The van der Waals surface area contributed by atoms with Crippen molar-refractivity contribution in [2.45, 2.75) is 31.5 Å². The number of nitrogens with zero attached hydrogens (tertiary/aromatic N) is 4. The number of fused-ring (bicyclic) bond motifs is 1. The Morgan fingerprint density at radius 3 is 2.95 bits per heavy atom. The Morgan fingerprint density at radius 2 is 2.23 bits per heavy atom. The summed E-state index contributed by atoms with van der Waals surface area (Å²) in [5.74, 6) is -0.531. The normalized spacial score (nSPS) is 28.2. The van der Waals surface area contributed by atoms with Crippen LogP contribution in [0.25, 0.3) is 11.2 Å². The van der Waals surface area contributed by atoms with E-state index in [1.54, 1.807) is 0 Å². The minimum Gasteiger partial charge on any atom is -0.463 e. The van der Waals surface area contributed by atoms with Gasteiger partial charge in [-0.3, -0.25) is 9.36 Å². The van der Waals surface area contributed by atoms with E-state index < -0.39 is 36.6 Å². The Morgan fingerprint density at radius 1 is 1.45 bits per heavy atom. The zero-order chi connectivity index (χ0) is 15.9. The summed E-state index contributed by atoms with van der Waals surface area (Å²) in [6.45, 7) is 1.01. The SMILES string of the molecule is CC(=O)OC[C@H]1O[C@@H](n2cnc3cnc(F)nc32)[C@@H](O)[C@H]1O. The molecule has 4 atom stereocenters. The van der Waals surface area contributed by atoms with Crippen LogP contribution in [0.5, 0.6) is 0 Å². The number of carbonyl (C=O) groups is 1. The molecule has 2 aromatic rings. The third-order valence-corrected chi connectivity index (χ3v) is 3.35. The van der Waals surface area contributed by atoms with Crippen LogP contribution in [-0.4, -0.2) is 60.6 Å². The summed E-state index contributed by atoms with van der Waals surface area (Å²) in [4.78, 5) is 21.8. The Kier molecular flexibility index (Phi) is 3.72. The van der Waals surface area contributed by atoms with Gasteiger partial charge >= 0.3 is 12.0 Å². The van der Waals surface area contributed by atoms with Crippen molar-refractivity contribution in [1.29, 1.82) is 0 Å². The third-order valence-electron chi connectivity index (χ3n) is 3.35. The molecule has 0 aliphatic carbocycles. The minimum atomic E-state index is -1.31. The molecule has 1 saturated heterocycles. The zero-order valence-electron chi connectivity index (χ0n) is 11.5. The second-order valence-electron chi connectivity index (χ2n) is 4.85. The highest BCUT2D eigenvalue weighted by Gasteiger charge is 2.44. The minimum absolute atomic E-state index is 0.122. The quantitative estimate of drug-likeness (QED) is 0.555. The first-order valence-corrected chi connectivity index (χ1v) is 6.47. The van der Waals surface area contributed by atoms with Crippen LogP contribution in [0.1, 0.15) is 13.2 Å². The number of aromatic nitrogens is 4. The lowest BCUT2D eigenvalue weighted by Crippen LogP contribution is -2.34. The van der Waals surface area contributed by atoms with E-state index in [2.05, 4.69) is 15.0 Å². The van der Waals surface area contributed by atoms with Crippen molar-refractivity contribution in [1.82, 2.24) is 19.5 Å². The molecular formula is C12H13FN4O5. The number of rotatable bonds is 3. The van der Waals surface area contributed by atoms with Gasteiger partial charge in [0.05, 0.1) is 12.5 Å². The van der Waals surface area contributed by atoms with Gasteiger partial charge in [0.1, 0.15) is 30.4 Å². The summed E-state index contributed by atoms with van der Waals surface area (Å²) in [6, 6.07) is 0. The topological polar surface area (TPSA) is 120 Å². The van der Waals surface area contributed by atoms with Gasteiger partial charge in [0.2, 0.25) is 0 Å². The second-order valence-corrected chi connectivity index (χ2v) is 4.85. The summed E-state index contributed by atoms with van der Waals surface area (Å²) in [6.07, 6.45) is -2.97. The highest BCUT2D eigenvalue weighted by molar-refractivity contribution is 5.69. The van der Waals surface area contributed by atoms with Crippen LogP contribution in [0.4, 0.5) is 4.39 Å². The van der Waals surface area contributed by atoms with Crippen LogP contribution in [0.15, 0.2) is 12.5 Å². The Balaban J connectivity index is 1.87. The van der Waals surface area contributed by atoms with Gasteiger partial charge in [-0.2, -0.15) is 9.37 Å². The summed E-state index contributed by atoms with van der Waals surface area (Å²) in [7, 11) is 0. The number of aliphatic hydroxyl groups excluding tert-OH is 2. The first-order valence-electron chi connectivity index (χ1n) is 6.47. The average molecular weight is 312 g/mol. The number of imidazole rings is 1. The number of carbonyl (C=O) groups excluding carboxylic acids is 1. The lowest BCUT2D eigenvalue weighted by Gasteiger charge is -2.16. The van der Waals surface area contributed by atoms with Crippen LogP contribution >= 0.6 is 0 Å². The van der Waals surface area contributed by atoms with Gasteiger partial charge in [-0.05, 0) is 0 Å². The van der Waals surface area contributed by atoms with Crippen molar-refractivity contribution in [2.75, 3.05) is 6.61 Å². The van der Waals surface area contributed by atoms with Crippen LogP contribution in [0, 0.1) is 6.08 Å². The predicted molar refractivity (Wildman–Crippen MR) is 67.8 cm³/mol. The van der Waals surface area contributed by atoms with E-state index in [4.69, 9.17) is 9.47 Å². The Labute approximate surface area is 123 Å². The molecule has 22 heavy (non-hydrogen) atoms. The molecule has 0 spiro atoms. The molecule has 1 aliphatic rings. The van der Waals surface area contributed by atoms with E-state index in [0.29, 0.717) is 5.52 Å². The highest BCUT2D eigenvalue weighted by atomic mass is 19.1. The highest BCUT2D eigenvalue weighted by Crippen LogP contribution is 2.31. The van der Waals surface area contributed by atoms with E-state index in [1.807, 2.05) is 0 Å². The number of hydrogen-bond acceptors (Lipinski definition) is 8. The van der Waals surface area contributed by atoms with Gasteiger partial charge < -0.3 is 19.7 Å². The molecule has 3 rings (SSSR count). The van der Waals surface area contributed by atoms with E-state index >= 15 is 0 Å². The summed E-state index contributed by atoms with van der Waals surface area (Å²) in [5, 5.41) is 20.1. The number of ether oxygens (including phenoxy) is 2. The molecule has 1 aliphatic heterocycles. The van der Waals surface area contributed by atoms with Crippen LogP contribution in [0.2, 0.25) is 0 Å². The Hall–Kier alpha value is -2.17. The fourth-order valence-corrected chi connectivity index (χ4v) is 2.29. The smallest absolute Gasteiger partial charge is 0.310 e. The van der Waals surface area contributed by atoms with Crippen molar-refractivity contribution >= 4 is 17.1 Å². The average Bonchev–Trinajstić information content (AvgIpc) is 3.00. The molecule has 1 fully saturated rings. The number of halogens is 1. The van der Waals surface area contributed by atoms with E-state index in [0.717, 1.165) is 0 Å². The maximum Gasteiger partial charge on any atom is 0.310 e. The van der Waals surface area contributed by atoms with E-state index in [9.17, 15) is 19.4 Å². The molecule has 3 heterocycles. The van der Waals surface area contributed by atoms with Gasteiger partial charge in [-0.1, -0.05) is 0 Å². The molecule has 0 amide bonds. The van der Waals surface area contributed by atoms with Crippen molar-refractivity contribution in [3.63, 3.8) is 0 Å². The van der Waals surface area contributed by atoms with Gasteiger partial charge in [0.25, 0.3) is 0 Å². The molecule has 0 radical (unpaired) electrons. The largest absolute Gasteiger partial charge is 0.463 e. The van der Waals surface area contributed by atoms with Crippen molar-refractivity contribution < 1.29 is 28.9 Å². The molecule has 0 saturated carbocycles. The predicted octanol–water partition coefficient (Wildman–Crippen LogP) is -0.852. The van der Waals surface area contributed by atoms with Gasteiger partial charge in [-0.15, -0.1) is 0 Å². The summed E-state index contributed by atoms with van der Waals surface area (Å²) >= 11 is 0. The van der Waals surface area contributed by atoms with E-state index in [1.165, 1.54) is 24.0 Å². The number of esters is 1. The van der Waals surface area contributed by atoms with Gasteiger partial charge in [0, 0.05) is 6.92 Å². The molecule has 0 aromatic carbocycles. The van der Waals surface area contributed by atoms with E-state index in [-0.39, 0.29) is 12.3 Å². The van der Waals surface area contributed by atoms with Crippen molar-refractivity contribution in [3.8, 4) is 0 Å². The van der Waals surface area contributed by atoms with Crippen molar-refractivity contribution in [3.05, 3.63) is 18.6 Å². The third kappa shape index (κ3) is 2.51. The molecule has 10 heteroatoms.